The number of halogens is 1. The van der Waals surface area contributed by atoms with Gasteiger partial charge < -0.3 is 10.6 Å². The smallest absolute Gasteiger partial charge is 0.227 e. The summed E-state index contributed by atoms with van der Waals surface area (Å²) in [6.07, 6.45) is 2.12. The SMILES string of the molecule is Cc1cc(F)c(NC(=O)C(C)C)cc1C1CCNCC1. The second-order valence-electron chi connectivity index (χ2n) is 5.86. The minimum atomic E-state index is -0.353. The summed E-state index contributed by atoms with van der Waals surface area (Å²) in [6.45, 7) is 7.53. The quantitative estimate of drug-likeness (QED) is 0.891. The van der Waals surface area contributed by atoms with E-state index in [1.54, 1.807) is 13.8 Å². The van der Waals surface area contributed by atoms with E-state index in [-0.39, 0.29) is 17.6 Å². The van der Waals surface area contributed by atoms with E-state index in [4.69, 9.17) is 0 Å². The summed E-state index contributed by atoms with van der Waals surface area (Å²) < 4.78 is 14.0. The van der Waals surface area contributed by atoms with E-state index in [2.05, 4.69) is 10.6 Å². The van der Waals surface area contributed by atoms with Crippen molar-refractivity contribution in [1.82, 2.24) is 5.32 Å². The van der Waals surface area contributed by atoms with Gasteiger partial charge in [-0.15, -0.1) is 0 Å². The van der Waals surface area contributed by atoms with Crippen LogP contribution in [0.2, 0.25) is 0 Å². The number of benzene rings is 1. The first kappa shape index (κ1) is 15.0. The van der Waals surface area contributed by atoms with E-state index >= 15 is 0 Å². The second kappa shape index (κ2) is 6.35. The van der Waals surface area contributed by atoms with E-state index in [1.807, 2.05) is 13.0 Å². The zero-order valence-corrected chi connectivity index (χ0v) is 12.4. The largest absolute Gasteiger partial charge is 0.323 e. The summed E-state index contributed by atoms with van der Waals surface area (Å²) in [5, 5.41) is 6.02. The number of amides is 1. The third-order valence-corrected chi connectivity index (χ3v) is 3.92. The summed E-state index contributed by atoms with van der Waals surface area (Å²) in [5.74, 6) is -0.206. The van der Waals surface area contributed by atoms with Crippen LogP contribution in [-0.4, -0.2) is 19.0 Å². The van der Waals surface area contributed by atoms with Gasteiger partial charge in [-0.3, -0.25) is 4.79 Å². The maximum atomic E-state index is 14.0. The van der Waals surface area contributed by atoms with Crippen molar-refractivity contribution in [1.29, 1.82) is 0 Å². The van der Waals surface area contributed by atoms with Crippen LogP contribution in [0.1, 0.15) is 43.7 Å². The first-order valence-electron chi connectivity index (χ1n) is 7.30. The molecule has 0 saturated carbocycles. The highest BCUT2D eigenvalue weighted by molar-refractivity contribution is 5.92. The molecule has 1 fully saturated rings. The average Bonchev–Trinajstić information content (AvgIpc) is 2.42. The number of rotatable bonds is 3. The number of carbonyl (C=O) groups excluding carboxylic acids is 1. The van der Waals surface area contributed by atoms with Crippen molar-refractivity contribution < 1.29 is 9.18 Å². The van der Waals surface area contributed by atoms with Crippen molar-refractivity contribution in [3.8, 4) is 0 Å². The van der Waals surface area contributed by atoms with Crippen LogP contribution in [0.25, 0.3) is 0 Å². The zero-order chi connectivity index (χ0) is 14.7. The summed E-state index contributed by atoms with van der Waals surface area (Å²) in [5.41, 5.74) is 2.44. The molecule has 2 N–H and O–H groups in total. The molecule has 0 unspecified atom stereocenters. The molecule has 3 nitrogen and oxygen atoms in total. The molecule has 1 aromatic carbocycles. The lowest BCUT2D eigenvalue weighted by Crippen LogP contribution is -2.27. The second-order valence-corrected chi connectivity index (χ2v) is 5.86. The standard InChI is InChI=1S/C16H23FN2O/c1-10(2)16(20)19-15-9-13(11(3)8-14(15)17)12-4-6-18-7-5-12/h8-10,12,18H,4-7H2,1-3H3,(H,19,20). The summed E-state index contributed by atoms with van der Waals surface area (Å²) in [6, 6.07) is 3.36. The molecule has 2 rings (SSSR count). The number of hydrogen-bond acceptors (Lipinski definition) is 2. The zero-order valence-electron chi connectivity index (χ0n) is 12.4. The molecule has 20 heavy (non-hydrogen) atoms. The normalized spacial score (nSPS) is 16.4. The number of nitrogens with one attached hydrogen (secondary N) is 2. The first-order valence-corrected chi connectivity index (χ1v) is 7.30. The monoisotopic (exact) mass is 278 g/mol. The minimum Gasteiger partial charge on any atom is -0.323 e. The predicted molar refractivity (Wildman–Crippen MR) is 79.4 cm³/mol. The number of piperidine rings is 1. The maximum absolute atomic E-state index is 14.0. The van der Waals surface area contributed by atoms with E-state index in [1.165, 1.54) is 6.07 Å². The van der Waals surface area contributed by atoms with Crippen molar-refractivity contribution in [2.45, 2.75) is 39.5 Å². The molecule has 1 aliphatic rings. The average molecular weight is 278 g/mol. The molecule has 1 aromatic rings. The summed E-state index contributed by atoms with van der Waals surface area (Å²) in [7, 11) is 0. The Morgan fingerprint density at radius 2 is 2.00 bits per heavy atom. The van der Waals surface area contributed by atoms with Gasteiger partial charge in [0.05, 0.1) is 5.69 Å². The molecule has 1 aliphatic heterocycles. The fourth-order valence-electron chi connectivity index (χ4n) is 2.64. The van der Waals surface area contributed by atoms with E-state index in [9.17, 15) is 9.18 Å². The van der Waals surface area contributed by atoms with Crippen molar-refractivity contribution in [2.24, 2.45) is 5.92 Å². The van der Waals surface area contributed by atoms with E-state index in [0.717, 1.165) is 37.1 Å². The molecule has 0 radical (unpaired) electrons. The molecular formula is C16H23FN2O. The third kappa shape index (κ3) is 3.37. The maximum Gasteiger partial charge on any atom is 0.227 e. The Morgan fingerprint density at radius 1 is 1.35 bits per heavy atom. The van der Waals surface area contributed by atoms with Crippen LogP contribution in [0.15, 0.2) is 12.1 Å². The minimum absolute atomic E-state index is 0.149. The van der Waals surface area contributed by atoms with Crippen LogP contribution in [0.3, 0.4) is 0 Å². The molecule has 0 aromatic heterocycles. The van der Waals surface area contributed by atoms with Gasteiger partial charge in [-0.1, -0.05) is 13.8 Å². The van der Waals surface area contributed by atoms with Gasteiger partial charge in [0, 0.05) is 5.92 Å². The Kier molecular flexibility index (Phi) is 4.76. The van der Waals surface area contributed by atoms with Crippen molar-refractivity contribution in [3.63, 3.8) is 0 Å². The van der Waals surface area contributed by atoms with Crippen LogP contribution in [0, 0.1) is 18.7 Å². The topological polar surface area (TPSA) is 41.1 Å². The lowest BCUT2D eigenvalue weighted by atomic mass is 9.87. The number of anilines is 1. The van der Waals surface area contributed by atoms with E-state index < -0.39 is 0 Å². The van der Waals surface area contributed by atoms with Gasteiger partial charge >= 0.3 is 0 Å². The predicted octanol–water partition coefficient (Wildman–Crippen LogP) is 3.20. The molecule has 4 heteroatoms. The third-order valence-electron chi connectivity index (χ3n) is 3.92. The van der Waals surface area contributed by atoms with E-state index in [0.29, 0.717) is 11.6 Å². The number of hydrogen-bond donors (Lipinski definition) is 2. The Hall–Kier alpha value is -1.42. The Balaban J connectivity index is 2.26. The molecule has 0 bridgehead atoms. The summed E-state index contributed by atoms with van der Waals surface area (Å²) >= 11 is 0. The molecule has 110 valence electrons. The van der Waals surface area contributed by atoms with Crippen LogP contribution < -0.4 is 10.6 Å². The van der Waals surface area contributed by atoms with Gasteiger partial charge in [-0.05, 0) is 62.0 Å². The fourth-order valence-corrected chi connectivity index (χ4v) is 2.64. The van der Waals surface area contributed by atoms with Gasteiger partial charge in [-0.2, -0.15) is 0 Å². The Labute approximate surface area is 120 Å². The van der Waals surface area contributed by atoms with Crippen LogP contribution in [0.4, 0.5) is 10.1 Å². The lowest BCUT2D eigenvalue weighted by molar-refractivity contribution is -0.118. The van der Waals surface area contributed by atoms with Crippen molar-refractivity contribution in [3.05, 3.63) is 29.1 Å². The molecule has 0 spiro atoms. The first-order chi connectivity index (χ1) is 9.49. The molecule has 1 saturated heterocycles. The Bertz CT molecular complexity index is 493. The van der Waals surface area contributed by atoms with Gasteiger partial charge in [0.15, 0.2) is 0 Å². The van der Waals surface area contributed by atoms with Crippen LogP contribution in [-0.2, 0) is 4.79 Å². The summed E-state index contributed by atoms with van der Waals surface area (Å²) in [4.78, 5) is 11.7. The van der Waals surface area contributed by atoms with Crippen LogP contribution in [0.5, 0.6) is 0 Å². The number of carbonyl (C=O) groups is 1. The molecule has 1 heterocycles. The highest BCUT2D eigenvalue weighted by Gasteiger charge is 2.20. The molecule has 1 amide bonds. The fraction of sp³-hybridized carbons (Fsp3) is 0.562. The molecular weight excluding hydrogens is 255 g/mol. The van der Waals surface area contributed by atoms with Gasteiger partial charge in [-0.25, -0.2) is 4.39 Å². The molecule has 0 aliphatic carbocycles. The Morgan fingerprint density at radius 3 is 2.60 bits per heavy atom. The molecule has 0 atom stereocenters. The number of aryl methyl sites for hydroxylation is 1. The highest BCUT2D eigenvalue weighted by atomic mass is 19.1. The lowest BCUT2D eigenvalue weighted by Gasteiger charge is -2.25. The van der Waals surface area contributed by atoms with Gasteiger partial charge in [0.1, 0.15) is 5.82 Å². The van der Waals surface area contributed by atoms with Gasteiger partial charge in [0.25, 0.3) is 0 Å². The highest BCUT2D eigenvalue weighted by Crippen LogP contribution is 2.31. The van der Waals surface area contributed by atoms with Gasteiger partial charge in [0.2, 0.25) is 5.91 Å². The van der Waals surface area contributed by atoms with Crippen molar-refractivity contribution in [2.75, 3.05) is 18.4 Å². The van der Waals surface area contributed by atoms with Crippen molar-refractivity contribution >= 4 is 11.6 Å². The van der Waals surface area contributed by atoms with Crippen LogP contribution >= 0.6 is 0 Å².